The van der Waals surface area contributed by atoms with Crippen LogP contribution in [0.5, 0.6) is 0 Å². The normalized spacial score (nSPS) is 16.8. The number of nitrogens with zero attached hydrogens (tertiary/aromatic N) is 1. The first-order valence-corrected chi connectivity index (χ1v) is 8.35. The van der Waals surface area contributed by atoms with E-state index in [-0.39, 0.29) is 5.91 Å². The molecule has 1 aliphatic rings. The molecule has 0 aliphatic carbocycles. The summed E-state index contributed by atoms with van der Waals surface area (Å²) in [6.07, 6.45) is 3.99. The molecular weight excluding hydrogens is 278 g/mol. The van der Waals surface area contributed by atoms with Crippen LogP contribution in [-0.2, 0) is 4.79 Å². The molecule has 4 nitrogen and oxygen atoms in total. The first kappa shape index (κ1) is 13.0. The predicted molar refractivity (Wildman–Crippen MR) is 81.0 cm³/mol. The van der Waals surface area contributed by atoms with Crippen LogP contribution in [0.1, 0.15) is 25.7 Å². The van der Waals surface area contributed by atoms with Crippen LogP contribution in [0.15, 0.2) is 11.4 Å². The maximum Gasteiger partial charge on any atom is 0.226 e. The second-order valence-electron chi connectivity index (χ2n) is 4.89. The van der Waals surface area contributed by atoms with Crippen molar-refractivity contribution in [3.63, 3.8) is 0 Å². The molecule has 1 amide bonds. The van der Waals surface area contributed by atoms with Gasteiger partial charge in [-0.15, -0.1) is 11.3 Å². The van der Waals surface area contributed by atoms with E-state index < -0.39 is 0 Å². The van der Waals surface area contributed by atoms with Gasteiger partial charge in [-0.25, -0.2) is 4.98 Å². The van der Waals surface area contributed by atoms with Crippen LogP contribution in [0.4, 0.5) is 5.13 Å². The maximum atomic E-state index is 11.9. The molecule has 6 heteroatoms. The van der Waals surface area contributed by atoms with Crippen LogP contribution in [0.3, 0.4) is 0 Å². The summed E-state index contributed by atoms with van der Waals surface area (Å²) in [6.45, 7) is 2.18. The lowest BCUT2D eigenvalue weighted by Crippen LogP contribution is -2.28. The van der Waals surface area contributed by atoms with Crippen molar-refractivity contribution in [3.8, 4) is 0 Å². The summed E-state index contributed by atoms with van der Waals surface area (Å²) in [6, 6.07) is 1.99. The molecule has 0 atom stereocenters. The van der Waals surface area contributed by atoms with Crippen LogP contribution in [-0.4, -0.2) is 24.0 Å². The third-order valence-electron chi connectivity index (χ3n) is 3.51. The van der Waals surface area contributed by atoms with Crippen molar-refractivity contribution in [2.75, 3.05) is 18.4 Å². The smallest absolute Gasteiger partial charge is 0.226 e. The lowest BCUT2D eigenvalue weighted by Gasteiger charge is -2.21. The molecular formula is C13H17N3OS2. The zero-order valence-corrected chi connectivity index (χ0v) is 12.3. The van der Waals surface area contributed by atoms with Crippen LogP contribution in [0.2, 0.25) is 0 Å². The first-order valence-electron chi connectivity index (χ1n) is 6.66. The van der Waals surface area contributed by atoms with E-state index in [1.54, 1.807) is 22.7 Å². The number of thiazole rings is 1. The van der Waals surface area contributed by atoms with Crippen molar-refractivity contribution in [1.29, 1.82) is 0 Å². The minimum Gasteiger partial charge on any atom is -0.317 e. The van der Waals surface area contributed by atoms with Gasteiger partial charge in [-0.05, 0) is 49.7 Å². The number of carbonyl (C=O) groups excluding carboxylic acids is 1. The maximum absolute atomic E-state index is 11.9. The van der Waals surface area contributed by atoms with Crippen LogP contribution < -0.4 is 10.6 Å². The van der Waals surface area contributed by atoms with E-state index in [0.717, 1.165) is 30.2 Å². The SMILES string of the molecule is O=C(CCC1CCNCC1)Nc1nc2ccsc2s1. The fourth-order valence-electron chi connectivity index (χ4n) is 2.41. The van der Waals surface area contributed by atoms with Crippen molar-refractivity contribution in [2.24, 2.45) is 5.92 Å². The molecule has 0 radical (unpaired) electrons. The molecule has 0 unspecified atom stereocenters. The number of hydrogen-bond acceptors (Lipinski definition) is 5. The molecule has 0 saturated carbocycles. The van der Waals surface area contributed by atoms with E-state index in [1.165, 1.54) is 16.9 Å². The van der Waals surface area contributed by atoms with Crippen molar-refractivity contribution in [2.45, 2.75) is 25.7 Å². The van der Waals surface area contributed by atoms with Gasteiger partial charge in [0, 0.05) is 6.42 Å². The average molecular weight is 295 g/mol. The Hall–Kier alpha value is -0.980. The molecule has 1 saturated heterocycles. The summed E-state index contributed by atoms with van der Waals surface area (Å²) >= 11 is 3.23. The standard InChI is InChI=1S/C13H17N3OS2/c17-11(2-1-9-3-6-14-7-4-9)16-13-15-10-5-8-18-12(10)19-13/h5,8-9,14H,1-4,6-7H2,(H,15,16,17). The van der Waals surface area contributed by atoms with E-state index in [2.05, 4.69) is 15.6 Å². The van der Waals surface area contributed by atoms with Crippen LogP contribution in [0, 0.1) is 5.92 Å². The Labute approximate surface area is 120 Å². The van der Waals surface area contributed by atoms with Gasteiger partial charge in [0.1, 0.15) is 4.01 Å². The molecule has 2 aromatic heterocycles. The number of anilines is 1. The summed E-state index contributed by atoms with van der Waals surface area (Å²) in [5.41, 5.74) is 0.989. The molecule has 1 aliphatic heterocycles. The number of carbonyl (C=O) groups is 1. The molecule has 0 spiro atoms. The Morgan fingerprint density at radius 2 is 2.32 bits per heavy atom. The van der Waals surface area contributed by atoms with Crippen LogP contribution in [0.25, 0.3) is 9.53 Å². The fraction of sp³-hybridized carbons (Fsp3) is 0.538. The Kier molecular flexibility index (Phi) is 4.10. The van der Waals surface area contributed by atoms with Gasteiger partial charge in [0.2, 0.25) is 5.91 Å². The average Bonchev–Trinajstić information content (AvgIpc) is 2.98. The summed E-state index contributed by atoms with van der Waals surface area (Å²) in [5, 5.41) is 9.02. The molecule has 2 N–H and O–H groups in total. The minimum absolute atomic E-state index is 0.0972. The third-order valence-corrected chi connectivity index (χ3v) is 5.52. The largest absolute Gasteiger partial charge is 0.317 e. The van der Waals surface area contributed by atoms with Gasteiger partial charge in [0.05, 0.1) is 5.52 Å². The van der Waals surface area contributed by atoms with E-state index >= 15 is 0 Å². The number of piperidine rings is 1. The number of rotatable bonds is 4. The quantitative estimate of drug-likeness (QED) is 0.911. The van der Waals surface area contributed by atoms with Gasteiger partial charge >= 0.3 is 0 Å². The third kappa shape index (κ3) is 3.32. The number of aromatic nitrogens is 1. The Morgan fingerprint density at radius 1 is 1.47 bits per heavy atom. The van der Waals surface area contributed by atoms with Crippen LogP contribution >= 0.6 is 22.7 Å². The number of nitrogens with one attached hydrogen (secondary N) is 2. The zero-order valence-electron chi connectivity index (χ0n) is 10.6. The highest BCUT2D eigenvalue weighted by Crippen LogP contribution is 2.30. The minimum atomic E-state index is 0.0972. The van der Waals surface area contributed by atoms with Crippen molar-refractivity contribution < 1.29 is 4.79 Å². The predicted octanol–water partition coefficient (Wildman–Crippen LogP) is 3.08. The molecule has 0 bridgehead atoms. The lowest BCUT2D eigenvalue weighted by atomic mass is 9.93. The second kappa shape index (κ2) is 5.98. The molecule has 1 fully saturated rings. The fourth-order valence-corrected chi connectivity index (χ4v) is 4.26. The molecule has 2 aromatic rings. The molecule has 19 heavy (non-hydrogen) atoms. The monoisotopic (exact) mass is 295 g/mol. The molecule has 3 rings (SSSR count). The topological polar surface area (TPSA) is 54.0 Å². The van der Waals surface area contributed by atoms with Crippen molar-refractivity contribution >= 4 is 43.2 Å². The van der Waals surface area contributed by atoms with Crippen molar-refractivity contribution in [3.05, 3.63) is 11.4 Å². The molecule has 0 aromatic carbocycles. The van der Waals surface area contributed by atoms with Gasteiger partial charge in [0.25, 0.3) is 0 Å². The number of amides is 1. The van der Waals surface area contributed by atoms with Gasteiger partial charge < -0.3 is 10.6 Å². The number of fused-ring (bicyclic) bond motifs is 1. The summed E-state index contributed by atoms with van der Waals surface area (Å²) < 4.78 is 1.17. The van der Waals surface area contributed by atoms with Gasteiger partial charge in [-0.2, -0.15) is 0 Å². The van der Waals surface area contributed by atoms with Gasteiger partial charge in [-0.3, -0.25) is 4.79 Å². The van der Waals surface area contributed by atoms with E-state index in [1.807, 2.05) is 11.4 Å². The lowest BCUT2D eigenvalue weighted by molar-refractivity contribution is -0.116. The first-order chi connectivity index (χ1) is 9.31. The Bertz CT molecular complexity index is 528. The second-order valence-corrected chi connectivity index (χ2v) is 7.07. The molecule has 102 valence electrons. The summed E-state index contributed by atoms with van der Waals surface area (Å²) in [5.74, 6) is 0.798. The highest BCUT2D eigenvalue weighted by molar-refractivity contribution is 7.39. The van der Waals surface area contributed by atoms with Gasteiger partial charge in [0.15, 0.2) is 5.13 Å². The Balaban J connectivity index is 1.49. The number of hydrogen-bond donors (Lipinski definition) is 2. The van der Waals surface area contributed by atoms with Gasteiger partial charge in [-0.1, -0.05) is 11.3 Å². The van der Waals surface area contributed by atoms with Crippen molar-refractivity contribution in [1.82, 2.24) is 10.3 Å². The van der Waals surface area contributed by atoms with E-state index in [0.29, 0.717) is 12.3 Å². The highest BCUT2D eigenvalue weighted by atomic mass is 32.2. The van der Waals surface area contributed by atoms with E-state index in [9.17, 15) is 4.79 Å². The molecule has 3 heterocycles. The Morgan fingerprint density at radius 3 is 3.11 bits per heavy atom. The zero-order chi connectivity index (χ0) is 13.1. The van der Waals surface area contributed by atoms with E-state index in [4.69, 9.17) is 0 Å². The highest BCUT2D eigenvalue weighted by Gasteiger charge is 2.15. The number of thiophene rings is 1. The summed E-state index contributed by atoms with van der Waals surface area (Å²) in [4.78, 5) is 16.3. The summed E-state index contributed by atoms with van der Waals surface area (Å²) in [7, 11) is 0.